The molecule has 0 saturated heterocycles. The van der Waals surface area contributed by atoms with Gasteiger partial charge in [0.15, 0.2) is 0 Å². The average molecular weight is 351 g/mol. The maximum absolute atomic E-state index is 2.34. The minimum Gasteiger partial charge on any atom is -0.147 e. The molecule has 0 amide bonds. The molecule has 0 aromatic heterocycles. The second-order valence-electron chi connectivity index (χ2n) is 6.73. The highest BCUT2D eigenvalue weighted by molar-refractivity contribution is 7.57. The Kier molecular flexibility index (Phi) is 24.6. The van der Waals surface area contributed by atoms with Crippen LogP contribution >= 0.6 is 20.3 Å². The Labute approximate surface area is 149 Å². The van der Waals surface area contributed by atoms with Gasteiger partial charge < -0.3 is 0 Å². The number of unbranched alkanes of at least 4 members (excludes halogenated alkanes) is 11. The Bertz CT molecular complexity index is 177. The van der Waals surface area contributed by atoms with Gasteiger partial charge in [0.25, 0.3) is 0 Å². The Morgan fingerprint density at radius 2 is 0.727 bits per heavy atom. The lowest BCUT2D eigenvalue weighted by Gasteiger charge is -2.17. The molecule has 0 N–H and O–H groups in total. The fourth-order valence-electron chi connectivity index (χ4n) is 2.92. The van der Waals surface area contributed by atoms with Crippen LogP contribution in [0.2, 0.25) is 0 Å². The summed E-state index contributed by atoms with van der Waals surface area (Å²) < 4.78 is 0. The quantitative estimate of drug-likeness (QED) is 0.182. The van der Waals surface area contributed by atoms with Crippen molar-refractivity contribution in [1.82, 2.24) is 0 Å². The zero-order valence-corrected chi connectivity index (χ0v) is 17.6. The summed E-state index contributed by atoms with van der Waals surface area (Å²) in [6.07, 6.45) is 25.2. The van der Waals surface area contributed by atoms with Gasteiger partial charge in [-0.05, 0) is 37.7 Å². The summed E-state index contributed by atoms with van der Waals surface area (Å²) in [6, 6.07) is 0. The van der Waals surface area contributed by atoms with Crippen molar-refractivity contribution in [3.63, 3.8) is 0 Å². The van der Waals surface area contributed by atoms with Crippen LogP contribution in [0, 0.1) is 0 Å². The van der Waals surface area contributed by atoms with Crippen LogP contribution in [0.3, 0.4) is 0 Å². The first-order valence-corrected chi connectivity index (χ1v) is 12.0. The number of hydrogen-bond acceptors (Lipinski definition) is 0. The van der Waals surface area contributed by atoms with E-state index in [2.05, 4.69) is 20.8 Å². The molecule has 0 bridgehead atoms. The van der Waals surface area contributed by atoms with Crippen molar-refractivity contribution in [3.8, 4) is 0 Å². The minimum atomic E-state index is 0. The molecule has 0 aromatic carbocycles. The molecular formula is C20H44ClP. The molecule has 0 nitrogen and oxygen atoms in total. The molecule has 0 aliphatic heterocycles. The van der Waals surface area contributed by atoms with Crippen LogP contribution in [0.1, 0.15) is 111 Å². The summed E-state index contributed by atoms with van der Waals surface area (Å²) in [5, 5.41) is 0. The molecule has 0 fully saturated rings. The van der Waals surface area contributed by atoms with E-state index in [1.54, 1.807) is 18.5 Å². The molecule has 0 atom stereocenters. The van der Waals surface area contributed by atoms with E-state index >= 15 is 0 Å². The van der Waals surface area contributed by atoms with E-state index in [4.69, 9.17) is 0 Å². The Hall–Kier alpha value is 0.720. The van der Waals surface area contributed by atoms with Gasteiger partial charge in [0.2, 0.25) is 0 Å². The van der Waals surface area contributed by atoms with Crippen LogP contribution in [0.25, 0.3) is 0 Å². The number of rotatable bonds is 17. The molecule has 2 heteroatoms. The molecular weight excluding hydrogens is 307 g/mol. The monoisotopic (exact) mass is 350 g/mol. The minimum absolute atomic E-state index is 0. The van der Waals surface area contributed by atoms with Crippen molar-refractivity contribution in [3.05, 3.63) is 0 Å². The topological polar surface area (TPSA) is 0 Å². The SMILES string of the molecule is CCCCCCCCCCCCP(CCCC)CCCC.Cl. The van der Waals surface area contributed by atoms with Crippen molar-refractivity contribution in [1.29, 1.82) is 0 Å². The second-order valence-corrected chi connectivity index (χ2v) is 9.41. The van der Waals surface area contributed by atoms with E-state index in [-0.39, 0.29) is 12.4 Å². The van der Waals surface area contributed by atoms with Crippen LogP contribution in [-0.2, 0) is 0 Å². The standard InChI is InChI=1S/C20H43P.ClH/c1-4-7-10-11-12-13-14-15-16-17-20-21(18-8-5-2)19-9-6-3;/h4-20H2,1-3H3;1H. The van der Waals surface area contributed by atoms with Gasteiger partial charge in [-0.15, -0.1) is 20.3 Å². The summed E-state index contributed by atoms with van der Waals surface area (Å²) in [5.74, 6) is 0. The van der Waals surface area contributed by atoms with Crippen molar-refractivity contribution in [2.24, 2.45) is 0 Å². The molecule has 0 spiro atoms. The molecule has 0 saturated carbocycles. The number of halogens is 1. The van der Waals surface area contributed by atoms with E-state index in [0.717, 1.165) is 0 Å². The molecule has 0 aliphatic rings. The first-order chi connectivity index (χ1) is 10.3. The fraction of sp³-hybridized carbons (Fsp3) is 1.00. The molecule has 0 unspecified atom stereocenters. The predicted molar refractivity (Wildman–Crippen MR) is 110 cm³/mol. The van der Waals surface area contributed by atoms with E-state index in [9.17, 15) is 0 Å². The third kappa shape index (κ3) is 18.8. The van der Waals surface area contributed by atoms with E-state index in [1.165, 1.54) is 89.9 Å². The van der Waals surface area contributed by atoms with Gasteiger partial charge >= 0.3 is 0 Å². The van der Waals surface area contributed by atoms with Crippen molar-refractivity contribution >= 4 is 20.3 Å². The summed E-state index contributed by atoms with van der Waals surface area (Å²) in [4.78, 5) is 0. The van der Waals surface area contributed by atoms with E-state index in [0.29, 0.717) is 7.92 Å². The highest BCUT2D eigenvalue weighted by atomic mass is 35.5. The number of hydrogen-bond donors (Lipinski definition) is 0. The molecule has 0 radical (unpaired) electrons. The molecule has 136 valence electrons. The molecule has 0 aromatic rings. The third-order valence-electron chi connectivity index (χ3n) is 4.48. The Morgan fingerprint density at radius 1 is 0.409 bits per heavy atom. The normalized spacial score (nSPS) is 10.9. The first kappa shape index (κ1) is 25.0. The smallest absolute Gasteiger partial charge is 0.0326 e. The van der Waals surface area contributed by atoms with E-state index in [1.807, 2.05) is 0 Å². The van der Waals surface area contributed by atoms with Gasteiger partial charge in [0, 0.05) is 0 Å². The van der Waals surface area contributed by atoms with Gasteiger partial charge in [-0.1, -0.05) is 91.4 Å². The lowest BCUT2D eigenvalue weighted by atomic mass is 10.1. The zero-order chi connectivity index (χ0) is 15.6. The Balaban J connectivity index is 0. The van der Waals surface area contributed by atoms with Gasteiger partial charge in [0.05, 0.1) is 0 Å². The lowest BCUT2D eigenvalue weighted by molar-refractivity contribution is 0.562. The largest absolute Gasteiger partial charge is 0.147 e. The molecule has 0 rings (SSSR count). The maximum Gasteiger partial charge on any atom is -0.0326 e. The van der Waals surface area contributed by atoms with Gasteiger partial charge in [-0.3, -0.25) is 0 Å². The zero-order valence-electron chi connectivity index (χ0n) is 15.9. The highest BCUT2D eigenvalue weighted by Gasteiger charge is 2.06. The second kappa shape index (κ2) is 21.7. The molecule has 0 aliphatic carbocycles. The summed E-state index contributed by atoms with van der Waals surface area (Å²) in [5.41, 5.74) is 0. The lowest BCUT2D eigenvalue weighted by Crippen LogP contribution is -1.96. The van der Waals surface area contributed by atoms with Crippen LogP contribution in [0.4, 0.5) is 0 Å². The van der Waals surface area contributed by atoms with Crippen molar-refractivity contribution in [2.75, 3.05) is 18.5 Å². The maximum atomic E-state index is 2.34. The fourth-order valence-corrected chi connectivity index (χ4v) is 5.79. The average Bonchev–Trinajstić information content (AvgIpc) is 2.51. The molecule has 22 heavy (non-hydrogen) atoms. The van der Waals surface area contributed by atoms with Crippen LogP contribution in [0.15, 0.2) is 0 Å². The predicted octanol–water partition coefficient (Wildman–Crippen LogP) is 8.41. The summed E-state index contributed by atoms with van der Waals surface area (Å²) >= 11 is 0. The molecule has 0 heterocycles. The first-order valence-electron chi connectivity index (χ1n) is 10.1. The van der Waals surface area contributed by atoms with E-state index < -0.39 is 0 Å². The van der Waals surface area contributed by atoms with Crippen LogP contribution in [-0.4, -0.2) is 18.5 Å². The van der Waals surface area contributed by atoms with Crippen LogP contribution in [0.5, 0.6) is 0 Å². The van der Waals surface area contributed by atoms with Gasteiger partial charge in [0.1, 0.15) is 0 Å². The third-order valence-corrected chi connectivity index (χ3v) is 7.33. The highest BCUT2D eigenvalue weighted by Crippen LogP contribution is 2.38. The summed E-state index contributed by atoms with van der Waals surface area (Å²) in [7, 11) is 0.393. The van der Waals surface area contributed by atoms with Crippen molar-refractivity contribution < 1.29 is 0 Å². The Morgan fingerprint density at radius 3 is 1.14 bits per heavy atom. The van der Waals surface area contributed by atoms with Gasteiger partial charge in [-0.2, -0.15) is 0 Å². The van der Waals surface area contributed by atoms with Crippen molar-refractivity contribution in [2.45, 2.75) is 111 Å². The summed E-state index contributed by atoms with van der Waals surface area (Å²) in [6.45, 7) is 6.98. The van der Waals surface area contributed by atoms with Gasteiger partial charge in [-0.25, -0.2) is 0 Å². The van der Waals surface area contributed by atoms with Crippen LogP contribution < -0.4 is 0 Å².